The Morgan fingerprint density at radius 1 is 1.05 bits per heavy atom. The first-order valence-electron chi connectivity index (χ1n) is 6.44. The van der Waals surface area contributed by atoms with Crippen molar-refractivity contribution < 1.29 is 9.18 Å². The third-order valence-electron chi connectivity index (χ3n) is 3.06. The Kier molecular flexibility index (Phi) is 4.10. The van der Waals surface area contributed by atoms with Crippen LogP contribution >= 0.6 is 0 Å². The first-order valence-corrected chi connectivity index (χ1v) is 6.44. The zero-order valence-corrected chi connectivity index (χ0v) is 11.2. The minimum absolute atomic E-state index is 0.0974. The molecule has 0 bridgehead atoms. The highest BCUT2D eigenvalue weighted by atomic mass is 19.1. The van der Waals surface area contributed by atoms with E-state index < -0.39 is 5.82 Å². The van der Waals surface area contributed by atoms with Gasteiger partial charge in [0.1, 0.15) is 5.82 Å². The quantitative estimate of drug-likeness (QED) is 0.736. The van der Waals surface area contributed by atoms with Gasteiger partial charge in [0.25, 0.3) is 0 Å². The Morgan fingerprint density at radius 2 is 1.68 bits per heavy atom. The molecule has 0 aliphatic heterocycles. The van der Waals surface area contributed by atoms with Crippen LogP contribution in [0.2, 0.25) is 0 Å². The molecule has 0 saturated carbocycles. The molecule has 0 fully saturated rings. The zero-order chi connectivity index (χ0) is 13.8. The maximum Gasteiger partial charge on any atom is 0.152 e. The number of halogens is 1. The third kappa shape index (κ3) is 3.28. The second-order valence-corrected chi connectivity index (χ2v) is 5.15. The molecule has 98 valence electrons. The summed E-state index contributed by atoms with van der Waals surface area (Å²) in [6.07, 6.45) is 1.57. The lowest BCUT2D eigenvalue weighted by molar-refractivity contribution is 0.112. The van der Waals surface area contributed by atoms with E-state index in [0.717, 1.165) is 17.5 Å². The molecule has 2 heteroatoms. The normalized spacial score (nSPS) is 10.7. The molecule has 2 aromatic carbocycles. The number of carbonyl (C=O) groups excluding carboxylic acids is 1. The van der Waals surface area contributed by atoms with E-state index in [9.17, 15) is 9.18 Å². The highest BCUT2D eigenvalue weighted by molar-refractivity contribution is 5.77. The molecule has 0 aliphatic rings. The summed E-state index contributed by atoms with van der Waals surface area (Å²) in [4.78, 5) is 10.6. The van der Waals surface area contributed by atoms with E-state index >= 15 is 0 Å². The van der Waals surface area contributed by atoms with Gasteiger partial charge in [-0.1, -0.05) is 44.2 Å². The van der Waals surface area contributed by atoms with Crippen LogP contribution in [-0.4, -0.2) is 6.29 Å². The van der Waals surface area contributed by atoms with Gasteiger partial charge in [0.05, 0.1) is 5.56 Å². The highest BCUT2D eigenvalue weighted by Crippen LogP contribution is 2.22. The summed E-state index contributed by atoms with van der Waals surface area (Å²) in [5.74, 6) is 0.147. The van der Waals surface area contributed by atoms with Crippen molar-refractivity contribution in [1.29, 1.82) is 0 Å². The van der Waals surface area contributed by atoms with Crippen molar-refractivity contribution in [2.45, 2.75) is 20.3 Å². The van der Waals surface area contributed by atoms with Crippen LogP contribution in [0.3, 0.4) is 0 Å². The smallest absolute Gasteiger partial charge is 0.152 e. The maximum absolute atomic E-state index is 13.6. The van der Waals surface area contributed by atoms with Crippen LogP contribution in [0.1, 0.15) is 29.8 Å². The molecular formula is C17H17FO. The van der Waals surface area contributed by atoms with E-state index in [4.69, 9.17) is 0 Å². The number of carbonyl (C=O) groups is 1. The molecule has 19 heavy (non-hydrogen) atoms. The van der Waals surface area contributed by atoms with Crippen molar-refractivity contribution in [3.05, 3.63) is 59.4 Å². The van der Waals surface area contributed by atoms with Gasteiger partial charge in [0, 0.05) is 0 Å². The molecule has 0 N–H and O–H groups in total. The molecule has 1 nitrogen and oxygen atoms in total. The summed E-state index contributed by atoms with van der Waals surface area (Å²) < 4.78 is 13.6. The lowest BCUT2D eigenvalue weighted by Crippen LogP contribution is -1.93. The number of hydrogen-bond donors (Lipinski definition) is 0. The molecule has 0 aromatic heterocycles. The fraction of sp³-hybridized carbons (Fsp3) is 0.235. The Hall–Kier alpha value is -1.96. The van der Waals surface area contributed by atoms with Crippen LogP contribution in [0, 0.1) is 11.7 Å². The molecule has 0 saturated heterocycles. The van der Waals surface area contributed by atoms with Crippen LogP contribution in [0.5, 0.6) is 0 Å². The fourth-order valence-corrected chi connectivity index (χ4v) is 2.11. The van der Waals surface area contributed by atoms with Crippen molar-refractivity contribution >= 4 is 6.29 Å². The number of hydrogen-bond acceptors (Lipinski definition) is 1. The number of benzene rings is 2. The molecular weight excluding hydrogens is 239 g/mol. The van der Waals surface area contributed by atoms with Gasteiger partial charge in [-0.15, -0.1) is 0 Å². The van der Waals surface area contributed by atoms with Crippen LogP contribution in [0.25, 0.3) is 11.1 Å². The van der Waals surface area contributed by atoms with Crippen LogP contribution in [-0.2, 0) is 6.42 Å². The van der Waals surface area contributed by atoms with Crippen LogP contribution in [0.15, 0.2) is 42.5 Å². The van der Waals surface area contributed by atoms with Crippen molar-refractivity contribution in [3.63, 3.8) is 0 Å². The van der Waals surface area contributed by atoms with Gasteiger partial charge in [-0.2, -0.15) is 0 Å². The van der Waals surface area contributed by atoms with Gasteiger partial charge >= 0.3 is 0 Å². The fourth-order valence-electron chi connectivity index (χ4n) is 2.11. The lowest BCUT2D eigenvalue weighted by atomic mass is 9.98. The first kappa shape index (κ1) is 13.5. The lowest BCUT2D eigenvalue weighted by Gasteiger charge is -2.07. The van der Waals surface area contributed by atoms with E-state index in [0.29, 0.717) is 12.2 Å². The molecule has 0 aliphatic carbocycles. The molecule has 0 unspecified atom stereocenters. The van der Waals surface area contributed by atoms with E-state index in [1.807, 2.05) is 12.1 Å². The first-order chi connectivity index (χ1) is 9.10. The summed E-state index contributed by atoms with van der Waals surface area (Å²) in [7, 11) is 0. The SMILES string of the molecule is CC(C)Cc1ccc(-c2ccc(C=O)c(F)c2)cc1. The summed E-state index contributed by atoms with van der Waals surface area (Å²) >= 11 is 0. The van der Waals surface area contributed by atoms with Gasteiger partial charge in [-0.25, -0.2) is 4.39 Å². The van der Waals surface area contributed by atoms with Crippen molar-refractivity contribution in [1.82, 2.24) is 0 Å². The topological polar surface area (TPSA) is 17.1 Å². The molecule has 2 rings (SSSR count). The summed E-state index contributed by atoms with van der Waals surface area (Å²) in [5.41, 5.74) is 3.13. The Balaban J connectivity index is 2.27. The summed E-state index contributed by atoms with van der Waals surface area (Å²) in [5, 5.41) is 0. The molecule has 0 atom stereocenters. The van der Waals surface area contributed by atoms with Crippen LogP contribution < -0.4 is 0 Å². The second kappa shape index (κ2) is 5.79. The van der Waals surface area contributed by atoms with Gasteiger partial charge in [0.15, 0.2) is 6.29 Å². The monoisotopic (exact) mass is 256 g/mol. The predicted molar refractivity (Wildman–Crippen MR) is 75.8 cm³/mol. The van der Waals surface area contributed by atoms with E-state index in [2.05, 4.69) is 26.0 Å². The molecule has 0 heterocycles. The minimum Gasteiger partial charge on any atom is -0.298 e. The molecule has 0 amide bonds. The zero-order valence-electron chi connectivity index (χ0n) is 11.2. The van der Waals surface area contributed by atoms with Gasteiger partial charge in [-0.3, -0.25) is 4.79 Å². The van der Waals surface area contributed by atoms with Crippen molar-refractivity contribution in [2.75, 3.05) is 0 Å². The third-order valence-corrected chi connectivity index (χ3v) is 3.06. The van der Waals surface area contributed by atoms with E-state index in [-0.39, 0.29) is 5.56 Å². The van der Waals surface area contributed by atoms with Gasteiger partial charge in [0.2, 0.25) is 0 Å². The largest absolute Gasteiger partial charge is 0.298 e. The highest BCUT2D eigenvalue weighted by Gasteiger charge is 2.05. The molecule has 0 spiro atoms. The predicted octanol–water partition coefficient (Wildman–Crippen LogP) is 4.50. The maximum atomic E-state index is 13.6. The van der Waals surface area contributed by atoms with Crippen molar-refractivity contribution in [3.8, 4) is 11.1 Å². The average molecular weight is 256 g/mol. The van der Waals surface area contributed by atoms with Crippen LogP contribution in [0.4, 0.5) is 4.39 Å². The Bertz CT molecular complexity index is 570. The minimum atomic E-state index is -0.473. The summed E-state index contributed by atoms with van der Waals surface area (Å²) in [6, 6.07) is 12.8. The Labute approximate surface area is 113 Å². The van der Waals surface area contributed by atoms with Gasteiger partial charge < -0.3 is 0 Å². The van der Waals surface area contributed by atoms with Gasteiger partial charge in [-0.05, 0) is 41.2 Å². The summed E-state index contributed by atoms with van der Waals surface area (Å²) in [6.45, 7) is 4.36. The number of rotatable bonds is 4. The molecule has 2 aromatic rings. The van der Waals surface area contributed by atoms with Crippen molar-refractivity contribution in [2.24, 2.45) is 5.92 Å². The number of aldehydes is 1. The average Bonchev–Trinajstić information content (AvgIpc) is 2.39. The second-order valence-electron chi connectivity index (χ2n) is 5.15. The standard InChI is InChI=1S/C17H17FO/c1-12(2)9-13-3-5-14(6-4-13)15-7-8-16(11-19)17(18)10-15/h3-8,10-12H,9H2,1-2H3. The van der Waals surface area contributed by atoms with E-state index in [1.165, 1.54) is 17.7 Å². The van der Waals surface area contributed by atoms with E-state index in [1.54, 1.807) is 6.07 Å². The Morgan fingerprint density at radius 3 is 2.21 bits per heavy atom. The molecule has 0 radical (unpaired) electrons.